The Morgan fingerprint density at radius 1 is 0.557 bits per heavy atom. The summed E-state index contributed by atoms with van der Waals surface area (Å²) >= 11 is 0. The summed E-state index contributed by atoms with van der Waals surface area (Å²) in [7, 11) is -5.07. The topological polar surface area (TPSA) is 178 Å². The predicted molar refractivity (Wildman–Crippen MR) is 285 cm³/mol. The van der Waals surface area contributed by atoms with Crippen molar-refractivity contribution in [3.05, 3.63) is 85.1 Å². The van der Waals surface area contributed by atoms with Gasteiger partial charge in [0, 0.05) is 13.0 Å². The molecule has 70 heavy (non-hydrogen) atoms. The van der Waals surface area contributed by atoms with Crippen molar-refractivity contribution in [2.75, 3.05) is 26.4 Å². The van der Waals surface area contributed by atoms with Gasteiger partial charge in [0.1, 0.15) is 30.5 Å². The van der Waals surface area contributed by atoms with Gasteiger partial charge < -0.3 is 34.3 Å². The van der Waals surface area contributed by atoms with E-state index in [1.54, 1.807) is 0 Å². The molecule has 1 rings (SSSR count). The van der Waals surface area contributed by atoms with E-state index in [1.807, 2.05) is 0 Å². The second kappa shape index (κ2) is 47.3. The van der Waals surface area contributed by atoms with Crippen molar-refractivity contribution in [3.8, 4) is 0 Å². The molecule has 1 saturated heterocycles. The van der Waals surface area contributed by atoms with E-state index in [2.05, 4.69) is 103 Å². The maximum Gasteiger partial charge on any atom is 0.397 e. The Bertz CT molecular complexity index is 1540. The number of ether oxygens (including phenoxy) is 4. The average Bonchev–Trinajstić information content (AvgIpc) is 3.34. The maximum absolute atomic E-state index is 12.9. The molecule has 4 N–H and O–H groups in total. The summed E-state index contributed by atoms with van der Waals surface area (Å²) in [5, 5.41) is 30.8. The summed E-state index contributed by atoms with van der Waals surface area (Å²) in [5.74, 6) is -0.410. The zero-order chi connectivity index (χ0) is 51.0. The van der Waals surface area contributed by atoms with Gasteiger partial charge in [-0.2, -0.15) is 8.42 Å². The van der Waals surface area contributed by atoms with Crippen LogP contribution in [-0.4, -0.2) is 97.5 Å². The summed E-state index contributed by atoms with van der Waals surface area (Å²) in [6.07, 6.45) is 54.7. The molecule has 0 spiro atoms. The third-order valence-electron chi connectivity index (χ3n) is 12.0. The van der Waals surface area contributed by atoms with Crippen LogP contribution in [0.2, 0.25) is 0 Å². The maximum atomic E-state index is 12.9. The number of allylic oxidation sites excluding steroid dienone is 14. The van der Waals surface area contributed by atoms with Crippen LogP contribution in [0.5, 0.6) is 0 Å². The molecule has 12 nitrogen and oxygen atoms in total. The van der Waals surface area contributed by atoms with E-state index >= 15 is 0 Å². The molecule has 1 fully saturated rings. The van der Waals surface area contributed by atoms with Crippen LogP contribution in [0.1, 0.15) is 206 Å². The van der Waals surface area contributed by atoms with Crippen molar-refractivity contribution in [3.63, 3.8) is 0 Å². The molecule has 404 valence electrons. The van der Waals surface area contributed by atoms with Crippen molar-refractivity contribution < 1.29 is 56.2 Å². The summed E-state index contributed by atoms with van der Waals surface area (Å²) < 4.78 is 59.3. The highest BCUT2D eigenvalue weighted by Gasteiger charge is 2.48. The van der Waals surface area contributed by atoms with Crippen molar-refractivity contribution in [2.24, 2.45) is 0 Å². The Hall–Kier alpha value is -2.72. The largest absolute Gasteiger partial charge is 0.457 e. The second-order valence-corrected chi connectivity index (χ2v) is 19.5. The van der Waals surface area contributed by atoms with Crippen LogP contribution in [0.15, 0.2) is 85.1 Å². The molecular weight excluding hydrogens is 909 g/mol. The fourth-order valence-electron chi connectivity index (χ4n) is 7.91. The van der Waals surface area contributed by atoms with E-state index in [1.165, 1.54) is 83.5 Å². The quantitative estimate of drug-likeness (QED) is 0.0197. The lowest BCUT2D eigenvalue weighted by Gasteiger charge is -2.41. The van der Waals surface area contributed by atoms with Crippen LogP contribution >= 0.6 is 0 Å². The van der Waals surface area contributed by atoms with Gasteiger partial charge in [0.15, 0.2) is 6.29 Å². The number of aliphatic hydroxyl groups is 3. The summed E-state index contributed by atoms with van der Waals surface area (Å²) in [4.78, 5) is 12.9. The van der Waals surface area contributed by atoms with E-state index in [9.17, 15) is 33.1 Å². The minimum atomic E-state index is -5.07. The fourth-order valence-corrected chi connectivity index (χ4v) is 8.41. The number of aliphatic hydroxyl groups excluding tert-OH is 3. The zero-order valence-electron chi connectivity index (χ0n) is 43.6. The Morgan fingerprint density at radius 2 is 0.986 bits per heavy atom. The van der Waals surface area contributed by atoms with Gasteiger partial charge in [-0.25, -0.2) is 4.18 Å². The van der Waals surface area contributed by atoms with Crippen LogP contribution in [0.25, 0.3) is 0 Å². The molecule has 0 bridgehead atoms. The summed E-state index contributed by atoms with van der Waals surface area (Å²) in [5.41, 5.74) is 0. The first-order chi connectivity index (χ1) is 34.1. The van der Waals surface area contributed by atoms with Gasteiger partial charge in [-0.3, -0.25) is 9.35 Å². The molecule has 0 aromatic carbocycles. The molecular formula is C57H98O12S. The summed E-state index contributed by atoms with van der Waals surface area (Å²) in [6, 6.07) is 0. The fraction of sp³-hybridized carbons (Fsp3) is 0.737. The van der Waals surface area contributed by atoms with Crippen molar-refractivity contribution in [1.82, 2.24) is 0 Å². The van der Waals surface area contributed by atoms with Gasteiger partial charge in [0.2, 0.25) is 0 Å². The van der Waals surface area contributed by atoms with Gasteiger partial charge in [0.25, 0.3) is 0 Å². The van der Waals surface area contributed by atoms with Crippen LogP contribution in [-0.2, 0) is 38.3 Å². The molecule has 0 saturated carbocycles. The molecule has 0 amide bonds. The minimum Gasteiger partial charge on any atom is -0.457 e. The number of carbonyl (C=O) groups is 1. The molecule has 0 radical (unpaired) electrons. The van der Waals surface area contributed by atoms with Crippen LogP contribution in [0, 0.1) is 0 Å². The van der Waals surface area contributed by atoms with Gasteiger partial charge in [-0.15, -0.1) is 0 Å². The van der Waals surface area contributed by atoms with E-state index < -0.39 is 59.8 Å². The number of esters is 1. The molecule has 0 aromatic heterocycles. The SMILES string of the molecule is CC/C=C\C/C=C\C/C=C\C/C=C\C/C=C\C/C=C\CCCCCCCCCOCC(COC1OC(CO)C(O)C(OS(=O)(=O)O)C1O)OC(=O)CCCCCCCCC/C=C\CCCCCCCC. The van der Waals surface area contributed by atoms with E-state index in [-0.39, 0.29) is 19.6 Å². The van der Waals surface area contributed by atoms with Crippen molar-refractivity contribution in [2.45, 2.75) is 243 Å². The third-order valence-corrected chi connectivity index (χ3v) is 12.5. The Balaban J connectivity index is 2.34. The van der Waals surface area contributed by atoms with E-state index in [0.29, 0.717) is 13.0 Å². The first-order valence-electron chi connectivity index (χ1n) is 27.3. The molecule has 1 heterocycles. The van der Waals surface area contributed by atoms with Crippen molar-refractivity contribution >= 4 is 16.4 Å². The predicted octanol–water partition coefficient (Wildman–Crippen LogP) is 13.2. The molecule has 0 aromatic rings. The lowest BCUT2D eigenvalue weighted by Crippen LogP contribution is -2.60. The normalized spacial score (nSPS) is 19.8. The van der Waals surface area contributed by atoms with Gasteiger partial charge in [-0.05, 0) is 89.9 Å². The number of unbranched alkanes of at least 4 members (excludes halogenated alkanes) is 20. The number of hydrogen-bond acceptors (Lipinski definition) is 11. The number of rotatable bonds is 47. The average molecular weight is 1010 g/mol. The lowest BCUT2D eigenvalue weighted by molar-refractivity contribution is -0.301. The highest BCUT2D eigenvalue weighted by molar-refractivity contribution is 7.80. The Kier molecular flexibility index (Phi) is 44.1. The molecule has 13 heteroatoms. The monoisotopic (exact) mass is 1010 g/mol. The standard InChI is InChI=1S/C57H98O12S/c1-3-5-7-9-11-13-15-17-19-21-22-23-24-25-26-27-28-29-31-33-35-37-39-41-43-45-47-65-49-51(50-66-57-55(61)56(69-70(62,63)64)54(60)52(48-58)68-57)67-53(59)46-44-42-40-38-36-34-32-30-20-18-16-14-12-10-8-6-4-2/h5,7,11,13,17-20,22-23,25-26,28-29,51-52,54-58,60-61H,3-4,6,8-10,12,14-16,21,24,27,30-50H2,1-2H3,(H,62,63,64)/b7-5-,13-11-,19-17-,20-18-,23-22-,26-25-,29-28-. The first-order valence-corrected chi connectivity index (χ1v) is 28.7. The molecule has 1 aliphatic rings. The Morgan fingerprint density at radius 3 is 1.46 bits per heavy atom. The van der Waals surface area contributed by atoms with E-state index in [4.69, 9.17) is 18.9 Å². The third kappa shape index (κ3) is 39.8. The number of carbonyl (C=O) groups excluding carboxylic acids is 1. The van der Waals surface area contributed by atoms with Gasteiger partial charge in [0.05, 0.1) is 19.8 Å². The lowest BCUT2D eigenvalue weighted by atomic mass is 9.99. The highest BCUT2D eigenvalue weighted by atomic mass is 32.3. The molecule has 1 aliphatic heterocycles. The summed E-state index contributed by atoms with van der Waals surface area (Å²) in [6.45, 7) is 3.85. The van der Waals surface area contributed by atoms with Crippen molar-refractivity contribution in [1.29, 1.82) is 0 Å². The van der Waals surface area contributed by atoms with Gasteiger partial charge >= 0.3 is 16.4 Å². The van der Waals surface area contributed by atoms with Crippen LogP contribution < -0.4 is 0 Å². The molecule has 0 aliphatic carbocycles. The molecule has 6 unspecified atom stereocenters. The van der Waals surface area contributed by atoms with Crippen LogP contribution in [0.4, 0.5) is 0 Å². The Labute approximate surface area is 425 Å². The first kappa shape index (κ1) is 65.3. The minimum absolute atomic E-state index is 0.0222. The van der Waals surface area contributed by atoms with Crippen LogP contribution in [0.3, 0.4) is 0 Å². The second-order valence-electron chi connectivity index (χ2n) is 18.4. The number of hydrogen-bond donors (Lipinski definition) is 4. The highest BCUT2D eigenvalue weighted by Crippen LogP contribution is 2.26. The zero-order valence-corrected chi connectivity index (χ0v) is 44.4. The van der Waals surface area contributed by atoms with Gasteiger partial charge in [-0.1, -0.05) is 195 Å². The van der Waals surface area contributed by atoms with E-state index in [0.717, 1.165) is 96.3 Å². The smallest absolute Gasteiger partial charge is 0.397 e. The molecule has 6 atom stereocenters.